The van der Waals surface area contributed by atoms with Crippen LogP contribution in [0, 0.1) is 0 Å². The molecule has 1 atom stereocenters. The number of carbonyl (C=O) groups is 1. The van der Waals surface area contributed by atoms with Crippen LogP contribution in [0.2, 0.25) is 5.02 Å². The van der Waals surface area contributed by atoms with Gasteiger partial charge in [0.25, 0.3) is 5.91 Å². The van der Waals surface area contributed by atoms with Crippen LogP contribution >= 0.6 is 11.6 Å². The lowest BCUT2D eigenvalue weighted by molar-refractivity contribution is 0.0696. The van der Waals surface area contributed by atoms with Crippen molar-refractivity contribution in [3.8, 4) is 11.5 Å². The molecule has 1 fully saturated rings. The summed E-state index contributed by atoms with van der Waals surface area (Å²) in [5, 5.41) is 3.83. The zero-order valence-corrected chi connectivity index (χ0v) is 17.6. The monoisotopic (exact) mass is 415 g/mol. The minimum Gasteiger partial charge on any atom is -0.493 e. The fourth-order valence-electron chi connectivity index (χ4n) is 4.12. The van der Waals surface area contributed by atoms with Gasteiger partial charge in [-0.3, -0.25) is 4.79 Å². The van der Waals surface area contributed by atoms with Gasteiger partial charge >= 0.3 is 0 Å². The smallest absolute Gasteiger partial charge is 0.251 e. The number of ether oxygens (including phenoxy) is 3. The predicted octanol–water partition coefficient (Wildman–Crippen LogP) is 4.19. The molecule has 29 heavy (non-hydrogen) atoms. The van der Waals surface area contributed by atoms with E-state index in [1.54, 1.807) is 13.2 Å². The fourth-order valence-corrected chi connectivity index (χ4v) is 4.24. The van der Waals surface area contributed by atoms with Gasteiger partial charge in [0.1, 0.15) is 5.60 Å². The minimum absolute atomic E-state index is 0.0793. The number of methoxy groups -OCH3 is 1. The maximum absolute atomic E-state index is 12.8. The second kappa shape index (κ2) is 8.25. The molecule has 0 aliphatic carbocycles. The average Bonchev–Trinajstić information content (AvgIpc) is 3.05. The summed E-state index contributed by atoms with van der Waals surface area (Å²) in [6.07, 6.45) is 3.14. The molecule has 1 amide bonds. The molecule has 4 rings (SSSR count). The Hall–Kier alpha value is -2.24. The van der Waals surface area contributed by atoms with Crippen LogP contribution in [0.1, 0.15) is 41.3 Å². The lowest BCUT2D eigenvalue weighted by atomic mass is 9.91. The van der Waals surface area contributed by atoms with E-state index in [4.69, 9.17) is 25.8 Å². The second-order valence-electron chi connectivity index (χ2n) is 8.06. The molecule has 2 aromatic rings. The first-order valence-electron chi connectivity index (χ1n) is 9.99. The Kier molecular flexibility index (Phi) is 5.70. The lowest BCUT2D eigenvalue weighted by Crippen LogP contribution is -2.38. The quantitative estimate of drug-likeness (QED) is 0.795. The highest BCUT2D eigenvalue weighted by molar-refractivity contribution is 6.30. The van der Waals surface area contributed by atoms with Crippen molar-refractivity contribution >= 4 is 17.5 Å². The van der Waals surface area contributed by atoms with Gasteiger partial charge < -0.3 is 19.5 Å². The van der Waals surface area contributed by atoms with Crippen molar-refractivity contribution in [2.24, 2.45) is 0 Å². The molecule has 0 radical (unpaired) electrons. The molecule has 2 aliphatic rings. The van der Waals surface area contributed by atoms with Crippen molar-refractivity contribution in [2.75, 3.05) is 20.3 Å². The van der Waals surface area contributed by atoms with Gasteiger partial charge in [-0.1, -0.05) is 23.7 Å². The summed E-state index contributed by atoms with van der Waals surface area (Å²) in [7, 11) is 1.61. The summed E-state index contributed by atoms with van der Waals surface area (Å²) < 4.78 is 17.3. The van der Waals surface area contributed by atoms with Crippen LogP contribution in [0.5, 0.6) is 11.5 Å². The second-order valence-corrected chi connectivity index (χ2v) is 8.50. The Morgan fingerprint density at radius 1 is 1.24 bits per heavy atom. The molecular weight excluding hydrogens is 390 g/mol. The first-order valence-corrected chi connectivity index (χ1v) is 10.4. The minimum atomic E-state index is -0.404. The van der Waals surface area contributed by atoms with Crippen molar-refractivity contribution < 1.29 is 19.0 Å². The Morgan fingerprint density at radius 3 is 2.66 bits per heavy atom. The topological polar surface area (TPSA) is 56.8 Å². The van der Waals surface area contributed by atoms with Crippen LogP contribution < -0.4 is 14.8 Å². The third kappa shape index (κ3) is 4.51. The van der Waals surface area contributed by atoms with Crippen molar-refractivity contribution in [2.45, 2.75) is 44.2 Å². The number of nitrogens with one attached hydrogen (secondary N) is 1. The van der Waals surface area contributed by atoms with E-state index in [1.165, 1.54) is 0 Å². The summed E-state index contributed by atoms with van der Waals surface area (Å²) in [6.45, 7) is 3.47. The number of hydrogen-bond donors (Lipinski definition) is 1. The van der Waals surface area contributed by atoms with Gasteiger partial charge in [0.05, 0.1) is 7.11 Å². The van der Waals surface area contributed by atoms with E-state index in [0.29, 0.717) is 30.9 Å². The molecule has 0 bridgehead atoms. The van der Waals surface area contributed by atoms with E-state index < -0.39 is 5.60 Å². The highest BCUT2D eigenvalue weighted by Crippen LogP contribution is 2.44. The largest absolute Gasteiger partial charge is 0.493 e. The SMILES string of the molecule is COc1cc(C(=O)NC2CCOCC2)cc2c1O[C@](C)(Cc1ccc(Cl)cc1)C2. The molecule has 154 valence electrons. The van der Waals surface area contributed by atoms with E-state index in [0.717, 1.165) is 41.2 Å². The maximum atomic E-state index is 12.8. The number of benzene rings is 2. The van der Waals surface area contributed by atoms with Crippen molar-refractivity contribution in [1.82, 2.24) is 5.32 Å². The van der Waals surface area contributed by atoms with Crippen molar-refractivity contribution in [3.05, 3.63) is 58.1 Å². The number of amides is 1. The third-order valence-corrected chi connectivity index (χ3v) is 5.83. The highest BCUT2D eigenvalue weighted by Gasteiger charge is 2.37. The van der Waals surface area contributed by atoms with Gasteiger partial charge in [-0.05, 0) is 49.6 Å². The summed E-state index contributed by atoms with van der Waals surface area (Å²) >= 11 is 6.00. The molecule has 0 aromatic heterocycles. The van der Waals surface area contributed by atoms with Crippen LogP contribution in [0.4, 0.5) is 0 Å². The Balaban J connectivity index is 1.53. The molecule has 2 aliphatic heterocycles. The van der Waals surface area contributed by atoms with E-state index in [-0.39, 0.29) is 11.9 Å². The van der Waals surface area contributed by atoms with Crippen LogP contribution in [0.3, 0.4) is 0 Å². The standard InChI is InChI=1S/C23H26ClNO4/c1-23(13-15-3-5-18(24)6-4-15)14-17-11-16(12-20(27-2)21(17)29-23)22(26)25-19-7-9-28-10-8-19/h3-6,11-12,19H,7-10,13-14H2,1-2H3,(H,25,26)/t23-/m1/s1. The van der Waals surface area contributed by atoms with Crippen LogP contribution in [-0.4, -0.2) is 37.9 Å². The van der Waals surface area contributed by atoms with E-state index in [9.17, 15) is 4.79 Å². The molecule has 1 saturated heterocycles. The van der Waals surface area contributed by atoms with Gasteiger partial charge in [0.15, 0.2) is 11.5 Å². The first-order chi connectivity index (χ1) is 14.0. The molecule has 1 N–H and O–H groups in total. The number of hydrogen-bond acceptors (Lipinski definition) is 4. The predicted molar refractivity (Wildman–Crippen MR) is 112 cm³/mol. The molecule has 0 spiro atoms. The van der Waals surface area contributed by atoms with Gasteiger partial charge in [0, 0.05) is 48.2 Å². The molecule has 0 saturated carbocycles. The maximum Gasteiger partial charge on any atom is 0.251 e. The molecule has 2 heterocycles. The Morgan fingerprint density at radius 2 is 1.97 bits per heavy atom. The van der Waals surface area contributed by atoms with Crippen molar-refractivity contribution in [3.63, 3.8) is 0 Å². The number of fused-ring (bicyclic) bond motifs is 1. The van der Waals surface area contributed by atoms with Crippen LogP contribution in [0.15, 0.2) is 36.4 Å². The zero-order valence-electron chi connectivity index (χ0n) is 16.8. The summed E-state index contributed by atoms with van der Waals surface area (Å²) in [6, 6.07) is 11.7. The van der Waals surface area contributed by atoms with E-state index in [2.05, 4.69) is 12.2 Å². The van der Waals surface area contributed by atoms with Gasteiger partial charge in [-0.25, -0.2) is 0 Å². The molecule has 5 nitrogen and oxygen atoms in total. The lowest BCUT2D eigenvalue weighted by Gasteiger charge is -2.24. The summed E-state index contributed by atoms with van der Waals surface area (Å²) in [4.78, 5) is 12.8. The Labute approximate surface area is 176 Å². The zero-order chi connectivity index (χ0) is 20.4. The number of carbonyl (C=O) groups excluding carboxylic acids is 1. The Bertz CT molecular complexity index is 892. The van der Waals surface area contributed by atoms with Gasteiger partial charge in [-0.15, -0.1) is 0 Å². The normalized spacial score (nSPS) is 21.3. The van der Waals surface area contributed by atoms with Gasteiger partial charge in [0.2, 0.25) is 0 Å². The summed E-state index contributed by atoms with van der Waals surface area (Å²) in [5.74, 6) is 1.25. The first kappa shape index (κ1) is 20.0. The number of halogens is 1. The van der Waals surface area contributed by atoms with E-state index in [1.807, 2.05) is 30.3 Å². The molecule has 6 heteroatoms. The molecular formula is C23H26ClNO4. The molecule has 0 unspecified atom stereocenters. The van der Waals surface area contributed by atoms with Crippen molar-refractivity contribution in [1.29, 1.82) is 0 Å². The summed E-state index contributed by atoms with van der Waals surface area (Å²) in [5.41, 5.74) is 2.35. The molecule has 2 aromatic carbocycles. The van der Waals surface area contributed by atoms with Gasteiger partial charge in [-0.2, -0.15) is 0 Å². The van der Waals surface area contributed by atoms with E-state index >= 15 is 0 Å². The average molecular weight is 416 g/mol. The van der Waals surface area contributed by atoms with Crippen LogP contribution in [0.25, 0.3) is 0 Å². The third-order valence-electron chi connectivity index (χ3n) is 5.57. The fraction of sp³-hybridized carbons (Fsp3) is 0.435. The highest BCUT2D eigenvalue weighted by atomic mass is 35.5. The number of rotatable bonds is 5. The van der Waals surface area contributed by atoms with Crippen LogP contribution in [-0.2, 0) is 17.6 Å².